The molecule has 0 radical (unpaired) electrons. The van der Waals surface area contributed by atoms with E-state index in [0.717, 1.165) is 4.31 Å². The van der Waals surface area contributed by atoms with Crippen molar-refractivity contribution >= 4 is 27.5 Å². The number of sulfonamides is 1. The first-order chi connectivity index (χ1) is 13.6. The van der Waals surface area contributed by atoms with Gasteiger partial charge in [0.25, 0.3) is 21.8 Å². The van der Waals surface area contributed by atoms with Crippen molar-refractivity contribution in [2.24, 2.45) is 5.92 Å². The second kappa shape index (κ2) is 7.87. The van der Waals surface area contributed by atoms with Gasteiger partial charge in [0.1, 0.15) is 10.6 Å². The van der Waals surface area contributed by atoms with Crippen molar-refractivity contribution in [2.45, 2.75) is 38.6 Å². The van der Waals surface area contributed by atoms with Gasteiger partial charge in [0.15, 0.2) is 0 Å². The van der Waals surface area contributed by atoms with Gasteiger partial charge in [-0.3, -0.25) is 9.59 Å². The van der Waals surface area contributed by atoms with Crippen LogP contribution in [0.1, 0.15) is 48.4 Å². The molecule has 0 unspecified atom stereocenters. The molecule has 7 nitrogen and oxygen atoms in total. The Balaban J connectivity index is 1.89. The summed E-state index contributed by atoms with van der Waals surface area (Å²) in [6.07, 6.45) is 0. The molecule has 0 saturated heterocycles. The number of carbonyl (C=O) groups excluding carboxylic acids is 2. The highest BCUT2D eigenvalue weighted by molar-refractivity contribution is 7.90. The van der Waals surface area contributed by atoms with Crippen LogP contribution in [-0.2, 0) is 10.0 Å². The Hall–Kier alpha value is -2.87. The van der Waals surface area contributed by atoms with E-state index in [2.05, 4.69) is 5.32 Å². The third kappa shape index (κ3) is 3.98. The van der Waals surface area contributed by atoms with E-state index in [-0.39, 0.29) is 16.0 Å². The van der Waals surface area contributed by atoms with Crippen LogP contribution < -0.4 is 10.1 Å². The number of nitrogens with one attached hydrogen (secondary N) is 1. The number of ether oxygens (including phenoxy) is 1. The number of para-hydroxylation sites is 2. The van der Waals surface area contributed by atoms with Crippen LogP contribution in [0.5, 0.6) is 5.75 Å². The van der Waals surface area contributed by atoms with Crippen molar-refractivity contribution in [2.75, 3.05) is 11.9 Å². The van der Waals surface area contributed by atoms with E-state index in [1.807, 2.05) is 13.8 Å². The van der Waals surface area contributed by atoms with Crippen LogP contribution >= 0.6 is 0 Å². The summed E-state index contributed by atoms with van der Waals surface area (Å²) in [6, 6.07) is 10.6. The predicted octanol–water partition coefficient (Wildman–Crippen LogP) is 3.53. The lowest BCUT2D eigenvalue weighted by Gasteiger charge is -2.18. The van der Waals surface area contributed by atoms with Gasteiger partial charge in [-0.25, -0.2) is 12.7 Å². The fraction of sp³-hybridized carbons (Fsp3) is 0.333. The second-order valence-electron chi connectivity index (χ2n) is 7.57. The fourth-order valence-electron chi connectivity index (χ4n) is 3.05. The van der Waals surface area contributed by atoms with Crippen LogP contribution in [-0.4, -0.2) is 37.2 Å². The van der Waals surface area contributed by atoms with E-state index in [1.54, 1.807) is 38.1 Å². The number of benzene rings is 2. The van der Waals surface area contributed by atoms with Crippen molar-refractivity contribution < 1.29 is 22.7 Å². The Morgan fingerprint density at radius 1 is 1.10 bits per heavy atom. The zero-order valence-corrected chi connectivity index (χ0v) is 17.6. The highest BCUT2D eigenvalue weighted by Gasteiger charge is 2.42. The molecule has 0 bridgehead atoms. The summed E-state index contributed by atoms with van der Waals surface area (Å²) < 4.78 is 32.0. The van der Waals surface area contributed by atoms with Crippen molar-refractivity contribution in [3.8, 4) is 5.75 Å². The minimum atomic E-state index is -3.97. The van der Waals surface area contributed by atoms with Gasteiger partial charge in [-0.2, -0.15) is 0 Å². The molecule has 1 N–H and O–H groups in total. The highest BCUT2D eigenvalue weighted by Crippen LogP contribution is 2.33. The first kappa shape index (κ1) is 20.9. The Morgan fingerprint density at radius 3 is 2.45 bits per heavy atom. The van der Waals surface area contributed by atoms with Crippen LogP contribution in [0.3, 0.4) is 0 Å². The summed E-state index contributed by atoms with van der Waals surface area (Å²) in [5.74, 6) is -0.208. The summed E-state index contributed by atoms with van der Waals surface area (Å²) >= 11 is 0. The second-order valence-corrected chi connectivity index (χ2v) is 9.35. The number of anilines is 1. The molecule has 3 rings (SSSR count). The number of fused-ring (bicyclic) bond motifs is 1. The van der Waals surface area contributed by atoms with Crippen LogP contribution in [0.15, 0.2) is 47.4 Å². The number of hydrogen-bond donors (Lipinski definition) is 1. The largest absolute Gasteiger partial charge is 0.491 e. The average molecular weight is 416 g/mol. The number of rotatable bonds is 6. The molecule has 2 amide bonds. The first-order valence-electron chi connectivity index (χ1n) is 9.39. The van der Waals surface area contributed by atoms with Crippen molar-refractivity contribution in [3.63, 3.8) is 0 Å². The smallest absolute Gasteiger partial charge is 0.269 e. The molecule has 1 aliphatic rings. The van der Waals surface area contributed by atoms with Gasteiger partial charge in [0.05, 0.1) is 17.9 Å². The third-order valence-corrected chi connectivity index (χ3v) is 6.39. The summed E-state index contributed by atoms with van der Waals surface area (Å²) in [5.41, 5.74) is 0.710. The molecular formula is C21H24N2O5S. The van der Waals surface area contributed by atoms with Crippen LogP contribution in [0.4, 0.5) is 5.69 Å². The van der Waals surface area contributed by atoms with Crippen LogP contribution in [0, 0.1) is 5.92 Å². The molecule has 1 heterocycles. The van der Waals surface area contributed by atoms with Gasteiger partial charge >= 0.3 is 0 Å². The topological polar surface area (TPSA) is 92.8 Å². The number of amides is 2. The molecule has 0 fully saturated rings. The number of nitrogens with zero attached hydrogens (tertiary/aromatic N) is 1. The Morgan fingerprint density at radius 2 is 1.79 bits per heavy atom. The number of hydrogen-bond acceptors (Lipinski definition) is 5. The molecule has 29 heavy (non-hydrogen) atoms. The summed E-state index contributed by atoms with van der Waals surface area (Å²) in [5, 5.41) is 2.76. The molecule has 2 aromatic rings. The van der Waals surface area contributed by atoms with Crippen molar-refractivity contribution in [1.29, 1.82) is 0 Å². The summed E-state index contributed by atoms with van der Waals surface area (Å²) in [7, 11) is -3.97. The normalized spacial score (nSPS) is 15.0. The molecule has 0 aromatic heterocycles. The van der Waals surface area contributed by atoms with E-state index >= 15 is 0 Å². The van der Waals surface area contributed by atoms with Gasteiger partial charge in [-0.05, 0) is 50.1 Å². The minimum absolute atomic E-state index is 0.0796. The van der Waals surface area contributed by atoms with Gasteiger partial charge in [-0.15, -0.1) is 0 Å². The Bertz CT molecular complexity index is 1060. The predicted molar refractivity (Wildman–Crippen MR) is 110 cm³/mol. The molecule has 0 aliphatic carbocycles. The minimum Gasteiger partial charge on any atom is -0.491 e. The average Bonchev–Trinajstić information content (AvgIpc) is 2.86. The lowest BCUT2D eigenvalue weighted by atomic mass is 10.1. The summed E-state index contributed by atoms with van der Waals surface area (Å²) in [4.78, 5) is 25.0. The van der Waals surface area contributed by atoms with Gasteiger partial charge in [0.2, 0.25) is 0 Å². The van der Waals surface area contributed by atoms with E-state index in [4.69, 9.17) is 4.74 Å². The molecule has 0 saturated carbocycles. The Labute approximate surface area is 170 Å². The number of carbonyl (C=O) groups is 2. The molecular weight excluding hydrogens is 392 g/mol. The van der Waals surface area contributed by atoms with E-state index in [0.29, 0.717) is 24.0 Å². The van der Waals surface area contributed by atoms with Gasteiger partial charge < -0.3 is 10.1 Å². The maximum absolute atomic E-state index is 12.8. The monoisotopic (exact) mass is 416 g/mol. The lowest BCUT2D eigenvalue weighted by Crippen LogP contribution is -2.36. The SMILES string of the molecule is CC(C)COc1ccccc1NC(=O)c1ccc2c(c1)S(=O)(=O)N(C(C)C)C2=O. The van der Waals surface area contributed by atoms with E-state index in [1.165, 1.54) is 18.2 Å². The van der Waals surface area contributed by atoms with E-state index < -0.39 is 27.9 Å². The fourth-order valence-corrected chi connectivity index (χ4v) is 4.84. The maximum atomic E-state index is 12.8. The third-order valence-electron chi connectivity index (χ3n) is 4.39. The Kier molecular flexibility index (Phi) is 5.66. The van der Waals surface area contributed by atoms with Crippen molar-refractivity contribution in [3.05, 3.63) is 53.6 Å². The zero-order valence-electron chi connectivity index (χ0n) is 16.8. The van der Waals surface area contributed by atoms with Crippen molar-refractivity contribution in [1.82, 2.24) is 4.31 Å². The molecule has 1 aliphatic heterocycles. The quantitative estimate of drug-likeness (QED) is 0.778. The van der Waals surface area contributed by atoms with Gasteiger partial charge in [0, 0.05) is 11.6 Å². The van der Waals surface area contributed by atoms with E-state index in [9.17, 15) is 18.0 Å². The molecule has 8 heteroatoms. The molecule has 2 aromatic carbocycles. The standard InChI is InChI=1S/C21H24N2O5S/c1-13(2)12-28-18-8-6-5-7-17(18)22-20(24)15-9-10-16-19(11-15)29(26,27)23(14(3)4)21(16)25/h5-11,13-14H,12H2,1-4H3,(H,22,24). The zero-order chi connectivity index (χ0) is 21.3. The van der Waals surface area contributed by atoms with Gasteiger partial charge in [-0.1, -0.05) is 26.0 Å². The first-order valence-corrected chi connectivity index (χ1v) is 10.8. The van der Waals surface area contributed by atoms with Crippen LogP contribution in [0.2, 0.25) is 0 Å². The summed E-state index contributed by atoms with van der Waals surface area (Å²) in [6.45, 7) is 7.80. The molecule has 0 atom stereocenters. The highest BCUT2D eigenvalue weighted by atomic mass is 32.2. The van der Waals surface area contributed by atoms with Crippen LogP contribution in [0.25, 0.3) is 0 Å². The molecule has 154 valence electrons. The maximum Gasteiger partial charge on any atom is 0.269 e. The molecule has 0 spiro atoms. The lowest BCUT2D eigenvalue weighted by molar-refractivity contribution is 0.0846.